The summed E-state index contributed by atoms with van der Waals surface area (Å²) < 4.78 is 39.3. The standard InChI is InChI=1S/C7H5ClF3NO/c8-5-1-2-6(12-3-5)13-4-7(9,10)11/h1-3H,4H2. The molecule has 6 heteroatoms. The molecule has 0 aromatic carbocycles. The summed E-state index contributed by atoms with van der Waals surface area (Å²) in [5, 5.41) is 0.347. The zero-order valence-electron chi connectivity index (χ0n) is 6.31. The van der Waals surface area contributed by atoms with Gasteiger partial charge in [0, 0.05) is 12.3 Å². The lowest BCUT2D eigenvalue weighted by molar-refractivity contribution is -0.154. The van der Waals surface area contributed by atoms with Gasteiger partial charge < -0.3 is 4.74 Å². The Kier molecular flexibility index (Phi) is 2.98. The van der Waals surface area contributed by atoms with E-state index in [2.05, 4.69) is 9.72 Å². The fraction of sp³-hybridized carbons (Fsp3) is 0.286. The van der Waals surface area contributed by atoms with Crippen molar-refractivity contribution in [2.75, 3.05) is 6.61 Å². The maximum atomic E-state index is 11.6. The maximum absolute atomic E-state index is 11.6. The minimum Gasteiger partial charge on any atom is -0.468 e. The molecule has 2 nitrogen and oxygen atoms in total. The van der Waals surface area contributed by atoms with Crippen LogP contribution in [0.1, 0.15) is 0 Å². The lowest BCUT2D eigenvalue weighted by atomic mass is 10.5. The van der Waals surface area contributed by atoms with E-state index in [0.29, 0.717) is 5.02 Å². The minimum absolute atomic E-state index is 0.0956. The summed E-state index contributed by atoms with van der Waals surface area (Å²) in [5.41, 5.74) is 0. The molecule has 1 aromatic rings. The second-order valence-electron chi connectivity index (χ2n) is 2.22. The zero-order chi connectivity index (χ0) is 9.90. The van der Waals surface area contributed by atoms with Gasteiger partial charge in [-0.3, -0.25) is 0 Å². The predicted molar refractivity (Wildman–Crippen MR) is 40.8 cm³/mol. The molecule has 0 aliphatic carbocycles. The summed E-state index contributed by atoms with van der Waals surface area (Å²) in [6.07, 6.45) is -3.13. The van der Waals surface area contributed by atoms with E-state index in [-0.39, 0.29) is 5.88 Å². The fourth-order valence-corrected chi connectivity index (χ4v) is 0.715. The first-order chi connectivity index (χ1) is 5.97. The van der Waals surface area contributed by atoms with Crippen molar-refractivity contribution >= 4 is 11.6 Å². The molecule has 0 bridgehead atoms. The average molecular weight is 212 g/mol. The molecule has 0 amide bonds. The van der Waals surface area contributed by atoms with Crippen LogP contribution in [-0.4, -0.2) is 17.8 Å². The van der Waals surface area contributed by atoms with Crippen LogP contribution in [0.5, 0.6) is 5.88 Å². The first kappa shape index (κ1) is 10.1. The van der Waals surface area contributed by atoms with Gasteiger partial charge in [0.15, 0.2) is 6.61 Å². The molecule has 0 atom stereocenters. The molecule has 13 heavy (non-hydrogen) atoms. The van der Waals surface area contributed by atoms with E-state index >= 15 is 0 Å². The molecule has 0 spiro atoms. The number of ether oxygens (including phenoxy) is 1. The molecular weight excluding hydrogens is 207 g/mol. The molecule has 0 N–H and O–H groups in total. The van der Waals surface area contributed by atoms with Gasteiger partial charge >= 0.3 is 6.18 Å². The Bertz CT molecular complexity index is 272. The number of nitrogens with zero attached hydrogens (tertiary/aromatic N) is 1. The van der Waals surface area contributed by atoms with E-state index in [1.54, 1.807) is 0 Å². The van der Waals surface area contributed by atoms with Crippen LogP contribution in [0.3, 0.4) is 0 Å². The van der Waals surface area contributed by atoms with E-state index in [1.807, 2.05) is 0 Å². The zero-order valence-corrected chi connectivity index (χ0v) is 7.06. The summed E-state index contributed by atoms with van der Waals surface area (Å²) in [4.78, 5) is 3.53. The molecule has 0 unspecified atom stereocenters. The van der Waals surface area contributed by atoms with Gasteiger partial charge in [-0.05, 0) is 6.07 Å². The minimum atomic E-state index is -4.35. The molecule has 72 valence electrons. The highest BCUT2D eigenvalue weighted by molar-refractivity contribution is 6.30. The summed E-state index contributed by atoms with van der Waals surface area (Å²) in [5.74, 6) is -0.0956. The molecular formula is C7H5ClF3NO. The van der Waals surface area contributed by atoms with Crippen LogP contribution in [0.2, 0.25) is 5.02 Å². The van der Waals surface area contributed by atoms with E-state index in [0.717, 1.165) is 0 Å². The number of hydrogen-bond acceptors (Lipinski definition) is 2. The molecule has 0 fully saturated rings. The van der Waals surface area contributed by atoms with Crippen molar-refractivity contribution in [1.82, 2.24) is 4.98 Å². The average Bonchev–Trinajstić information content (AvgIpc) is 2.02. The lowest BCUT2D eigenvalue weighted by Crippen LogP contribution is -2.19. The molecule has 0 saturated heterocycles. The van der Waals surface area contributed by atoms with Crippen molar-refractivity contribution in [2.45, 2.75) is 6.18 Å². The third kappa shape index (κ3) is 3.98. The number of hydrogen-bond donors (Lipinski definition) is 0. The van der Waals surface area contributed by atoms with Gasteiger partial charge in [-0.15, -0.1) is 0 Å². The Morgan fingerprint density at radius 2 is 2.08 bits per heavy atom. The van der Waals surface area contributed by atoms with Crippen LogP contribution in [0.4, 0.5) is 13.2 Å². The van der Waals surface area contributed by atoms with Gasteiger partial charge in [-0.2, -0.15) is 13.2 Å². The Morgan fingerprint density at radius 1 is 1.38 bits per heavy atom. The Morgan fingerprint density at radius 3 is 2.54 bits per heavy atom. The van der Waals surface area contributed by atoms with Crippen molar-refractivity contribution < 1.29 is 17.9 Å². The molecule has 1 heterocycles. The number of alkyl halides is 3. The highest BCUT2D eigenvalue weighted by Gasteiger charge is 2.28. The van der Waals surface area contributed by atoms with Gasteiger partial charge in [0.2, 0.25) is 5.88 Å². The second kappa shape index (κ2) is 3.83. The van der Waals surface area contributed by atoms with Gasteiger partial charge in [0.25, 0.3) is 0 Å². The number of pyridine rings is 1. The first-order valence-electron chi connectivity index (χ1n) is 3.28. The van der Waals surface area contributed by atoms with Crippen molar-refractivity contribution in [3.8, 4) is 5.88 Å². The highest BCUT2D eigenvalue weighted by Crippen LogP contribution is 2.17. The van der Waals surface area contributed by atoms with Crippen LogP contribution in [0, 0.1) is 0 Å². The summed E-state index contributed by atoms with van der Waals surface area (Å²) >= 11 is 5.46. The van der Waals surface area contributed by atoms with E-state index in [9.17, 15) is 13.2 Å². The summed E-state index contributed by atoms with van der Waals surface area (Å²) in [7, 11) is 0. The maximum Gasteiger partial charge on any atom is 0.422 e. The van der Waals surface area contributed by atoms with Crippen LogP contribution >= 0.6 is 11.6 Å². The van der Waals surface area contributed by atoms with Crippen LogP contribution in [-0.2, 0) is 0 Å². The molecule has 0 radical (unpaired) electrons. The van der Waals surface area contributed by atoms with Gasteiger partial charge in [-0.1, -0.05) is 11.6 Å². The SMILES string of the molecule is FC(F)(F)COc1ccc(Cl)cn1. The summed E-state index contributed by atoms with van der Waals surface area (Å²) in [6, 6.07) is 2.67. The third-order valence-electron chi connectivity index (χ3n) is 1.08. The van der Waals surface area contributed by atoms with Crippen molar-refractivity contribution in [3.63, 3.8) is 0 Å². The monoisotopic (exact) mass is 211 g/mol. The normalized spacial score (nSPS) is 11.4. The molecule has 0 aliphatic rings. The predicted octanol–water partition coefficient (Wildman–Crippen LogP) is 2.68. The Labute approximate surface area is 77.3 Å². The highest BCUT2D eigenvalue weighted by atomic mass is 35.5. The lowest BCUT2D eigenvalue weighted by Gasteiger charge is -2.07. The van der Waals surface area contributed by atoms with Crippen molar-refractivity contribution in [3.05, 3.63) is 23.4 Å². The van der Waals surface area contributed by atoms with E-state index in [4.69, 9.17) is 11.6 Å². The fourth-order valence-electron chi connectivity index (χ4n) is 0.603. The van der Waals surface area contributed by atoms with Gasteiger partial charge in [0.05, 0.1) is 5.02 Å². The largest absolute Gasteiger partial charge is 0.468 e. The van der Waals surface area contributed by atoms with Crippen molar-refractivity contribution in [2.24, 2.45) is 0 Å². The van der Waals surface area contributed by atoms with Crippen LogP contribution in [0.25, 0.3) is 0 Å². The smallest absolute Gasteiger partial charge is 0.422 e. The first-order valence-corrected chi connectivity index (χ1v) is 3.66. The Balaban J connectivity index is 2.51. The second-order valence-corrected chi connectivity index (χ2v) is 2.65. The van der Waals surface area contributed by atoms with E-state index in [1.165, 1.54) is 18.3 Å². The molecule has 1 rings (SSSR count). The van der Waals surface area contributed by atoms with Crippen LogP contribution < -0.4 is 4.74 Å². The topological polar surface area (TPSA) is 22.1 Å². The Hall–Kier alpha value is -0.970. The van der Waals surface area contributed by atoms with Gasteiger partial charge in [-0.25, -0.2) is 4.98 Å². The molecule has 0 saturated carbocycles. The number of aromatic nitrogens is 1. The number of halogens is 4. The van der Waals surface area contributed by atoms with Crippen molar-refractivity contribution in [1.29, 1.82) is 0 Å². The molecule has 1 aromatic heterocycles. The number of rotatable bonds is 2. The van der Waals surface area contributed by atoms with Crippen LogP contribution in [0.15, 0.2) is 18.3 Å². The summed E-state index contributed by atoms with van der Waals surface area (Å²) in [6.45, 7) is -1.35. The van der Waals surface area contributed by atoms with E-state index < -0.39 is 12.8 Å². The van der Waals surface area contributed by atoms with Gasteiger partial charge in [0.1, 0.15) is 0 Å². The quantitative estimate of drug-likeness (QED) is 0.750. The molecule has 0 aliphatic heterocycles. The third-order valence-corrected chi connectivity index (χ3v) is 1.31.